The fourth-order valence-electron chi connectivity index (χ4n) is 1.93. The summed E-state index contributed by atoms with van der Waals surface area (Å²) in [7, 11) is 1.34. The average Bonchev–Trinajstić information content (AvgIpc) is 2.82. The molecule has 2 aromatic rings. The molecule has 6 heteroatoms. The number of carbonyl (C=O) groups is 1. The van der Waals surface area contributed by atoms with Crippen LogP contribution in [-0.4, -0.2) is 27.7 Å². The minimum absolute atomic E-state index is 0.400. The SMILES string of the molecule is CCCCCc1nnc2c(Cl)cc(C(=O)OC)cn12. The number of halogens is 1. The van der Waals surface area contributed by atoms with Gasteiger partial charge in [-0.2, -0.15) is 0 Å². The highest BCUT2D eigenvalue weighted by molar-refractivity contribution is 6.33. The van der Waals surface area contributed by atoms with Gasteiger partial charge in [0.25, 0.3) is 0 Å². The van der Waals surface area contributed by atoms with Gasteiger partial charge in [0.05, 0.1) is 17.7 Å². The van der Waals surface area contributed by atoms with Crippen molar-refractivity contribution in [3.05, 3.63) is 28.7 Å². The summed E-state index contributed by atoms with van der Waals surface area (Å²) in [6.07, 6.45) is 5.81. The summed E-state index contributed by atoms with van der Waals surface area (Å²) in [5, 5.41) is 8.58. The maximum atomic E-state index is 11.6. The number of methoxy groups -OCH3 is 1. The second-order valence-corrected chi connectivity index (χ2v) is 4.74. The fraction of sp³-hybridized carbons (Fsp3) is 0.462. The molecule has 19 heavy (non-hydrogen) atoms. The number of rotatable bonds is 5. The van der Waals surface area contributed by atoms with Crippen molar-refractivity contribution in [2.75, 3.05) is 7.11 Å². The molecular weight excluding hydrogens is 266 g/mol. The van der Waals surface area contributed by atoms with Crippen LogP contribution in [0.25, 0.3) is 5.65 Å². The van der Waals surface area contributed by atoms with Crippen molar-refractivity contribution in [1.29, 1.82) is 0 Å². The van der Waals surface area contributed by atoms with Crippen LogP contribution in [-0.2, 0) is 11.2 Å². The van der Waals surface area contributed by atoms with E-state index < -0.39 is 5.97 Å². The lowest BCUT2D eigenvalue weighted by Crippen LogP contribution is -2.04. The van der Waals surface area contributed by atoms with Crippen LogP contribution in [0.2, 0.25) is 5.02 Å². The van der Waals surface area contributed by atoms with E-state index in [4.69, 9.17) is 16.3 Å². The number of pyridine rings is 1. The highest BCUT2D eigenvalue weighted by Gasteiger charge is 2.14. The molecule has 2 rings (SSSR count). The molecule has 0 unspecified atom stereocenters. The van der Waals surface area contributed by atoms with E-state index in [-0.39, 0.29) is 0 Å². The number of hydrogen-bond donors (Lipinski definition) is 0. The number of aryl methyl sites for hydroxylation is 1. The molecule has 0 radical (unpaired) electrons. The molecular formula is C13H16ClN3O2. The molecule has 2 heterocycles. The second-order valence-electron chi connectivity index (χ2n) is 4.34. The van der Waals surface area contributed by atoms with Crippen molar-refractivity contribution in [3.8, 4) is 0 Å². The largest absolute Gasteiger partial charge is 0.465 e. The number of esters is 1. The van der Waals surface area contributed by atoms with Gasteiger partial charge < -0.3 is 4.74 Å². The van der Waals surface area contributed by atoms with Crippen LogP contribution in [0.3, 0.4) is 0 Å². The van der Waals surface area contributed by atoms with Crippen molar-refractivity contribution in [1.82, 2.24) is 14.6 Å². The highest BCUT2D eigenvalue weighted by Crippen LogP contribution is 2.20. The minimum atomic E-state index is -0.419. The molecule has 0 spiro atoms. The summed E-state index contributed by atoms with van der Waals surface area (Å²) < 4.78 is 6.47. The predicted octanol–water partition coefficient (Wildman–Crippen LogP) is 2.90. The quantitative estimate of drug-likeness (QED) is 0.625. The molecule has 0 aliphatic rings. The third-order valence-corrected chi connectivity index (χ3v) is 3.23. The zero-order valence-electron chi connectivity index (χ0n) is 11.0. The van der Waals surface area contributed by atoms with E-state index in [1.807, 2.05) is 0 Å². The maximum Gasteiger partial charge on any atom is 0.339 e. The Morgan fingerprint density at radius 1 is 1.42 bits per heavy atom. The molecule has 0 saturated heterocycles. The Morgan fingerprint density at radius 3 is 2.89 bits per heavy atom. The number of ether oxygens (including phenoxy) is 1. The minimum Gasteiger partial charge on any atom is -0.465 e. The molecule has 0 aliphatic heterocycles. The molecule has 2 aromatic heterocycles. The number of aromatic nitrogens is 3. The highest BCUT2D eigenvalue weighted by atomic mass is 35.5. The molecule has 0 fully saturated rings. The smallest absolute Gasteiger partial charge is 0.339 e. The molecule has 102 valence electrons. The van der Waals surface area contributed by atoms with Gasteiger partial charge in [-0.25, -0.2) is 4.79 Å². The van der Waals surface area contributed by atoms with Crippen LogP contribution >= 0.6 is 11.6 Å². The molecule has 0 saturated carbocycles. The van der Waals surface area contributed by atoms with Crippen LogP contribution in [0, 0.1) is 0 Å². The van der Waals surface area contributed by atoms with E-state index in [1.54, 1.807) is 16.7 Å². The topological polar surface area (TPSA) is 56.5 Å². The van der Waals surface area contributed by atoms with E-state index in [0.717, 1.165) is 31.5 Å². The van der Waals surface area contributed by atoms with Crippen molar-refractivity contribution in [2.45, 2.75) is 32.6 Å². The van der Waals surface area contributed by atoms with E-state index >= 15 is 0 Å². The summed E-state index contributed by atoms with van der Waals surface area (Å²) >= 11 is 6.11. The van der Waals surface area contributed by atoms with Gasteiger partial charge in [-0.15, -0.1) is 10.2 Å². The third-order valence-electron chi connectivity index (χ3n) is 2.96. The van der Waals surface area contributed by atoms with Gasteiger partial charge in [-0.05, 0) is 12.5 Å². The third kappa shape index (κ3) is 2.87. The van der Waals surface area contributed by atoms with Gasteiger partial charge in [-0.1, -0.05) is 31.4 Å². The number of fused-ring (bicyclic) bond motifs is 1. The van der Waals surface area contributed by atoms with Crippen LogP contribution in [0.4, 0.5) is 0 Å². The first-order valence-electron chi connectivity index (χ1n) is 6.28. The summed E-state index contributed by atoms with van der Waals surface area (Å²) in [5.41, 5.74) is 0.970. The Hall–Kier alpha value is -1.62. The van der Waals surface area contributed by atoms with Crippen molar-refractivity contribution < 1.29 is 9.53 Å². The number of nitrogens with zero attached hydrogens (tertiary/aromatic N) is 3. The van der Waals surface area contributed by atoms with Crippen LogP contribution < -0.4 is 0 Å². The van der Waals surface area contributed by atoms with Gasteiger partial charge in [0.2, 0.25) is 0 Å². The van der Waals surface area contributed by atoms with Crippen LogP contribution in [0.5, 0.6) is 0 Å². The first kappa shape index (κ1) is 13.8. The Kier molecular flexibility index (Phi) is 4.37. The zero-order chi connectivity index (χ0) is 13.8. The first-order valence-corrected chi connectivity index (χ1v) is 6.66. The van der Waals surface area contributed by atoms with Crippen molar-refractivity contribution in [3.63, 3.8) is 0 Å². The molecule has 0 aromatic carbocycles. The zero-order valence-corrected chi connectivity index (χ0v) is 11.8. The van der Waals surface area contributed by atoms with Crippen LogP contribution in [0.1, 0.15) is 42.4 Å². The fourth-order valence-corrected chi connectivity index (χ4v) is 2.18. The summed E-state index contributed by atoms with van der Waals surface area (Å²) in [6, 6.07) is 1.55. The lowest BCUT2D eigenvalue weighted by molar-refractivity contribution is 0.0600. The molecule has 0 atom stereocenters. The normalized spacial score (nSPS) is 10.9. The lowest BCUT2D eigenvalue weighted by atomic mass is 10.2. The standard InChI is InChI=1S/C13H16ClN3O2/c1-3-4-5-6-11-15-16-12-10(14)7-9(8-17(11)12)13(18)19-2/h7-8H,3-6H2,1-2H3. The van der Waals surface area contributed by atoms with E-state index in [0.29, 0.717) is 16.2 Å². The summed E-state index contributed by atoms with van der Waals surface area (Å²) in [5.74, 6) is 0.396. The first-order chi connectivity index (χ1) is 9.17. The van der Waals surface area contributed by atoms with Gasteiger partial charge >= 0.3 is 5.97 Å². The summed E-state index contributed by atoms with van der Waals surface area (Å²) in [4.78, 5) is 11.6. The molecule has 0 N–H and O–H groups in total. The Bertz CT molecular complexity index is 595. The number of unbranched alkanes of at least 4 members (excludes halogenated alkanes) is 2. The van der Waals surface area contributed by atoms with Gasteiger partial charge in [0.15, 0.2) is 5.65 Å². The van der Waals surface area contributed by atoms with Gasteiger partial charge in [-0.3, -0.25) is 4.40 Å². The van der Waals surface area contributed by atoms with E-state index in [9.17, 15) is 4.79 Å². The Balaban J connectivity index is 2.38. The number of hydrogen-bond acceptors (Lipinski definition) is 4. The second kappa shape index (κ2) is 6.02. The Labute approximate surface area is 116 Å². The van der Waals surface area contributed by atoms with Crippen LogP contribution in [0.15, 0.2) is 12.3 Å². The molecule has 0 aliphatic carbocycles. The lowest BCUT2D eigenvalue weighted by Gasteiger charge is -2.04. The van der Waals surface area contributed by atoms with Gasteiger partial charge in [0.1, 0.15) is 5.82 Å². The van der Waals surface area contributed by atoms with E-state index in [1.165, 1.54) is 7.11 Å². The number of carbonyl (C=O) groups excluding carboxylic acids is 1. The molecule has 0 amide bonds. The predicted molar refractivity (Wildman–Crippen MR) is 72.6 cm³/mol. The molecule has 0 bridgehead atoms. The molecule has 5 nitrogen and oxygen atoms in total. The van der Waals surface area contributed by atoms with Crippen molar-refractivity contribution in [2.24, 2.45) is 0 Å². The maximum absolute atomic E-state index is 11.6. The summed E-state index contributed by atoms with van der Waals surface area (Å²) in [6.45, 7) is 2.15. The average molecular weight is 282 g/mol. The van der Waals surface area contributed by atoms with Gasteiger partial charge in [0, 0.05) is 12.6 Å². The van der Waals surface area contributed by atoms with E-state index in [2.05, 4.69) is 17.1 Å². The monoisotopic (exact) mass is 281 g/mol. The Morgan fingerprint density at radius 2 is 2.21 bits per heavy atom. The van der Waals surface area contributed by atoms with Crippen molar-refractivity contribution >= 4 is 23.2 Å².